The Labute approximate surface area is 125 Å². The van der Waals surface area contributed by atoms with Gasteiger partial charge in [-0.05, 0) is 35.9 Å². The van der Waals surface area contributed by atoms with Crippen molar-refractivity contribution in [3.05, 3.63) is 82.0 Å². The van der Waals surface area contributed by atoms with E-state index in [9.17, 15) is 9.18 Å². The van der Waals surface area contributed by atoms with E-state index in [4.69, 9.17) is 5.73 Å². The molecule has 22 heavy (non-hydrogen) atoms. The Bertz CT molecular complexity index is 831. The summed E-state index contributed by atoms with van der Waals surface area (Å²) in [6.07, 6.45) is 1.64. The predicted octanol–water partition coefficient (Wildman–Crippen LogP) is 2.02. The Hall–Kier alpha value is -2.86. The number of hydrogen-bond acceptors (Lipinski definition) is 4. The molecule has 0 aliphatic heterocycles. The van der Waals surface area contributed by atoms with Crippen LogP contribution in [0.3, 0.4) is 0 Å². The van der Waals surface area contributed by atoms with Crippen LogP contribution in [0.1, 0.15) is 17.2 Å². The van der Waals surface area contributed by atoms with Crippen LogP contribution in [0.5, 0.6) is 0 Å². The highest BCUT2D eigenvalue weighted by Crippen LogP contribution is 2.20. The minimum atomic E-state index is -0.671. The van der Waals surface area contributed by atoms with Gasteiger partial charge in [0.15, 0.2) is 0 Å². The number of aromatic amines is 1. The first-order valence-corrected chi connectivity index (χ1v) is 6.67. The largest absolute Gasteiger partial charge is 0.320 e. The molecule has 0 bridgehead atoms. The van der Waals surface area contributed by atoms with Gasteiger partial charge in [-0.3, -0.25) is 9.78 Å². The number of nitrogens with one attached hydrogen (secondary N) is 1. The third kappa shape index (κ3) is 2.77. The molecule has 110 valence electrons. The Balaban J connectivity index is 2.03. The van der Waals surface area contributed by atoms with Crippen LogP contribution in [-0.4, -0.2) is 15.2 Å². The molecule has 6 heteroatoms. The summed E-state index contributed by atoms with van der Waals surface area (Å²) < 4.78 is 13.0. The fraction of sp³-hybridized carbons (Fsp3) is 0.0625. The van der Waals surface area contributed by atoms with Crippen LogP contribution in [-0.2, 0) is 0 Å². The molecule has 0 spiro atoms. The molecular weight excluding hydrogens is 283 g/mol. The smallest absolute Gasteiger partial charge is 0.269 e. The van der Waals surface area contributed by atoms with Gasteiger partial charge >= 0.3 is 0 Å². The van der Waals surface area contributed by atoms with Crippen molar-refractivity contribution in [2.75, 3.05) is 0 Å². The van der Waals surface area contributed by atoms with Crippen molar-refractivity contribution in [3.63, 3.8) is 0 Å². The van der Waals surface area contributed by atoms with E-state index in [1.807, 2.05) is 6.07 Å². The zero-order chi connectivity index (χ0) is 15.5. The summed E-state index contributed by atoms with van der Waals surface area (Å²) >= 11 is 0. The van der Waals surface area contributed by atoms with Gasteiger partial charge in [-0.25, -0.2) is 9.49 Å². The maximum Gasteiger partial charge on any atom is 0.269 e. The Kier molecular flexibility index (Phi) is 3.76. The van der Waals surface area contributed by atoms with E-state index in [2.05, 4.69) is 15.2 Å². The monoisotopic (exact) mass is 296 g/mol. The lowest BCUT2D eigenvalue weighted by atomic mass is 10.0. The summed E-state index contributed by atoms with van der Waals surface area (Å²) in [5, 5.41) is 6.41. The van der Waals surface area contributed by atoms with E-state index in [1.165, 1.54) is 12.1 Å². The first-order valence-electron chi connectivity index (χ1n) is 6.67. The van der Waals surface area contributed by atoms with E-state index in [0.29, 0.717) is 22.5 Å². The zero-order valence-corrected chi connectivity index (χ0v) is 11.5. The number of H-pyrrole nitrogens is 1. The summed E-state index contributed by atoms with van der Waals surface area (Å²) in [6.45, 7) is 0. The lowest BCUT2D eigenvalue weighted by Crippen LogP contribution is -2.23. The number of nitrogens with zero attached hydrogens (tertiary/aromatic N) is 2. The van der Waals surface area contributed by atoms with E-state index < -0.39 is 6.04 Å². The van der Waals surface area contributed by atoms with Crippen molar-refractivity contribution in [1.82, 2.24) is 15.2 Å². The Morgan fingerprint density at radius 1 is 1.09 bits per heavy atom. The van der Waals surface area contributed by atoms with Gasteiger partial charge in [0.25, 0.3) is 5.56 Å². The van der Waals surface area contributed by atoms with E-state index in [0.717, 1.165) is 0 Å². The third-order valence-corrected chi connectivity index (χ3v) is 3.32. The molecule has 1 unspecified atom stereocenters. The molecule has 0 saturated heterocycles. The van der Waals surface area contributed by atoms with Crippen molar-refractivity contribution < 1.29 is 4.39 Å². The van der Waals surface area contributed by atoms with Gasteiger partial charge in [-0.1, -0.05) is 18.2 Å². The zero-order valence-electron chi connectivity index (χ0n) is 11.5. The van der Waals surface area contributed by atoms with Crippen molar-refractivity contribution in [3.8, 4) is 11.4 Å². The average Bonchev–Trinajstić information content (AvgIpc) is 2.56. The summed E-state index contributed by atoms with van der Waals surface area (Å²) in [7, 11) is 0. The maximum atomic E-state index is 13.0. The van der Waals surface area contributed by atoms with Crippen molar-refractivity contribution in [2.24, 2.45) is 5.73 Å². The molecule has 0 fully saturated rings. The summed E-state index contributed by atoms with van der Waals surface area (Å²) in [5.41, 5.74) is 7.89. The molecule has 0 radical (unpaired) electrons. The Morgan fingerprint density at radius 2 is 1.86 bits per heavy atom. The van der Waals surface area contributed by atoms with Crippen molar-refractivity contribution >= 4 is 0 Å². The van der Waals surface area contributed by atoms with E-state index >= 15 is 0 Å². The predicted molar refractivity (Wildman–Crippen MR) is 80.5 cm³/mol. The van der Waals surface area contributed by atoms with Crippen LogP contribution >= 0.6 is 0 Å². The molecule has 0 amide bonds. The van der Waals surface area contributed by atoms with E-state index in [-0.39, 0.29) is 11.4 Å². The number of rotatable bonds is 3. The SMILES string of the molecule is NC(c1ccc(F)cc1)c1cc(-c2ccccn2)n[nH]c1=O. The molecule has 0 aliphatic carbocycles. The van der Waals surface area contributed by atoms with Crippen LogP contribution in [0, 0.1) is 5.82 Å². The van der Waals surface area contributed by atoms with Crippen molar-refractivity contribution in [1.29, 1.82) is 0 Å². The highest BCUT2D eigenvalue weighted by molar-refractivity contribution is 5.54. The quantitative estimate of drug-likeness (QED) is 0.774. The molecule has 0 aliphatic rings. The molecule has 0 saturated carbocycles. The van der Waals surface area contributed by atoms with Crippen LogP contribution in [0.25, 0.3) is 11.4 Å². The highest BCUT2D eigenvalue weighted by atomic mass is 19.1. The second kappa shape index (κ2) is 5.87. The lowest BCUT2D eigenvalue weighted by Gasteiger charge is -2.12. The number of benzene rings is 1. The molecule has 2 aromatic heterocycles. The summed E-state index contributed by atoms with van der Waals surface area (Å²) in [5.74, 6) is -0.353. The topological polar surface area (TPSA) is 84.7 Å². The summed E-state index contributed by atoms with van der Waals surface area (Å²) in [4.78, 5) is 16.2. The molecule has 5 nitrogen and oxygen atoms in total. The first-order chi connectivity index (χ1) is 10.6. The maximum absolute atomic E-state index is 13.0. The highest BCUT2D eigenvalue weighted by Gasteiger charge is 2.15. The van der Waals surface area contributed by atoms with Crippen LogP contribution in [0.4, 0.5) is 4.39 Å². The normalized spacial score (nSPS) is 12.1. The second-order valence-electron chi connectivity index (χ2n) is 4.78. The van der Waals surface area contributed by atoms with Gasteiger partial charge in [0.05, 0.1) is 11.7 Å². The minimum Gasteiger partial charge on any atom is -0.320 e. The number of aromatic nitrogens is 3. The average molecular weight is 296 g/mol. The Morgan fingerprint density at radius 3 is 2.55 bits per heavy atom. The van der Waals surface area contributed by atoms with Gasteiger partial charge in [-0.15, -0.1) is 0 Å². The molecule has 2 heterocycles. The van der Waals surface area contributed by atoms with Gasteiger partial charge in [0.1, 0.15) is 11.5 Å². The fourth-order valence-electron chi connectivity index (χ4n) is 2.15. The number of halogens is 1. The standard InChI is InChI=1S/C16H13FN4O/c17-11-6-4-10(5-7-11)15(18)12-9-14(20-21-16(12)22)13-3-1-2-8-19-13/h1-9,15H,18H2,(H,21,22). The van der Waals surface area contributed by atoms with Gasteiger partial charge in [0, 0.05) is 11.8 Å². The van der Waals surface area contributed by atoms with Gasteiger partial charge < -0.3 is 5.73 Å². The van der Waals surface area contributed by atoms with Crippen LogP contribution in [0.2, 0.25) is 0 Å². The second-order valence-corrected chi connectivity index (χ2v) is 4.78. The minimum absolute atomic E-state index is 0.349. The lowest BCUT2D eigenvalue weighted by molar-refractivity contribution is 0.626. The molecule has 1 aromatic carbocycles. The molecule has 3 rings (SSSR count). The van der Waals surface area contributed by atoms with Crippen LogP contribution < -0.4 is 11.3 Å². The molecular formula is C16H13FN4O. The molecule has 3 aromatic rings. The third-order valence-electron chi connectivity index (χ3n) is 3.32. The van der Waals surface area contributed by atoms with Crippen molar-refractivity contribution in [2.45, 2.75) is 6.04 Å². The number of nitrogens with two attached hydrogens (primary N) is 1. The number of hydrogen-bond donors (Lipinski definition) is 2. The van der Waals surface area contributed by atoms with E-state index in [1.54, 1.807) is 36.5 Å². The summed E-state index contributed by atoms with van der Waals surface area (Å²) in [6, 6.07) is 12.1. The van der Waals surface area contributed by atoms with Crippen LogP contribution in [0.15, 0.2) is 59.5 Å². The fourth-order valence-corrected chi connectivity index (χ4v) is 2.15. The molecule has 3 N–H and O–H groups in total. The first kappa shape index (κ1) is 14.1. The van der Waals surface area contributed by atoms with Gasteiger partial charge in [0.2, 0.25) is 0 Å². The van der Waals surface area contributed by atoms with Gasteiger partial charge in [-0.2, -0.15) is 5.10 Å². The number of pyridine rings is 1. The molecule has 1 atom stereocenters.